The van der Waals surface area contributed by atoms with E-state index in [-0.39, 0.29) is 12.7 Å². The minimum atomic E-state index is -1.09. The van der Waals surface area contributed by atoms with Gasteiger partial charge in [0.25, 0.3) is 0 Å². The van der Waals surface area contributed by atoms with Crippen molar-refractivity contribution in [2.45, 2.75) is 70.7 Å². The van der Waals surface area contributed by atoms with Gasteiger partial charge < -0.3 is 23.7 Å². The summed E-state index contributed by atoms with van der Waals surface area (Å²) in [6.45, 7) is 11.0. The van der Waals surface area contributed by atoms with E-state index in [0.717, 1.165) is 12.8 Å². The van der Waals surface area contributed by atoms with Crippen LogP contribution >= 0.6 is 0 Å². The number of ether oxygens (including phenoxy) is 5. The zero-order chi connectivity index (χ0) is 20.4. The number of esters is 3. The molecule has 5 atom stereocenters. The van der Waals surface area contributed by atoms with Crippen LogP contribution in [0.25, 0.3) is 0 Å². The smallest absolute Gasteiger partial charge is 0.303 e. The van der Waals surface area contributed by atoms with Gasteiger partial charge in [-0.25, -0.2) is 0 Å². The van der Waals surface area contributed by atoms with E-state index in [1.54, 1.807) is 12.2 Å². The molecule has 1 fully saturated rings. The second-order valence-corrected chi connectivity index (χ2v) is 6.13. The Morgan fingerprint density at radius 1 is 1.04 bits per heavy atom. The highest BCUT2D eigenvalue weighted by Crippen LogP contribution is 2.27. The molecule has 0 aromatic heterocycles. The number of rotatable bonds is 10. The van der Waals surface area contributed by atoms with E-state index >= 15 is 0 Å². The van der Waals surface area contributed by atoms with Crippen molar-refractivity contribution in [2.75, 3.05) is 6.61 Å². The Balaban J connectivity index is 2.98. The molecule has 1 unspecified atom stereocenters. The van der Waals surface area contributed by atoms with Crippen molar-refractivity contribution in [2.24, 2.45) is 0 Å². The molecule has 1 rings (SSSR count). The van der Waals surface area contributed by atoms with E-state index in [9.17, 15) is 14.4 Å². The van der Waals surface area contributed by atoms with Crippen LogP contribution in [0, 0.1) is 0 Å². The van der Waals surface area contributed by atoms with Crippen molar-refractivity contribution < 1.29 is 38.1 Å². The molecule has 0 radical (unpaired) electrons. The summed E-state index contributed by atoms with van der Waals surface area (Å²) in [6, 6.07) is 0. The molecule has 0 bridgehead atoms. The lowest BCUT2D eigenvalue weighted by Crippen LogP contribution is -2.58. The van der Waals surface area contributed by atoms with Crippen LogP contribution in [0.4, 0.5) is 0 Å². The zero-order valence-electron chi connectivity index (χ0n) is 16.1. The molecule has 1 heterocycles. The summed E-state index contributed by atoms with van der Waals surface area (Å²) in [6.07, 6.45) is 1.31. The summed E-state index contributed by atoms with van der Waals surface area (Å²) in [4.78, 5) is 34.4. The third-order valence-corrected chi connectivity index (χ3v) is 3.77. The van der Waals surface area contributed by atoms with E-state index in [2.05, 4.69) is 13.2 Å². The normalized spacial score (nSPS) is 25.7. The SMILES string of the molecule is C=CCCCC(C=C)O[C@@H]1OC[C@H](OC(C)=O)[C@H](OC(C)=O)[C@H]1OC(C)=O. The molecule has 8 nitrogen and oxygen atoms in total. The van der Waals surface area contributed by atoms with Crippen LogP contribution in [0.1, 0.15) is 40.0 Å². The van der Waals surface area contributed by atoms with Crippen LogP contribution in [0.15, 0.2) is 25.3 Å². The quantitative estimate of drug-likeness (QED) is 0.244. The molecule has 0 N–H and O–H groups in total. The van der Waals surface area contributed by atoms with Crippen molar-refractivity contribution in [1.82, 2.24) is 0 Å². The molecule has 0 amide bonds. The molecule has 27 heavy (non-hydrogen) atoms. The van der Waals surface area contributed by atoms with Gasteiger partial charge in [-0.05, 0) is 19.3 Å². The third-order valence-electron chi connectivity index (χ3n) is 3.77. The van der Waals surface area contributed by atoms with E-state index in [1.807, 2.05) is 0 Å². The fourth-order valence-electron chi connectivity index (χ4n) is 2.70. The van der Waals surface area contributed by atoms with Crippen molar-refractivity contribution in [1.29, 1.82) is 0 Å². The lowest BCUT2D eigenvalue weighted by atomic mass is 10.0. The summed E-state index contributed by atoms with van der Waals surface area (Å²) in [5.41, 5.74) is 0. The first-order valence-corrected chi connectivity index (χ1v) is 8.80. The van der Waals surface area contributed by atoms with Crippen LogP contribution in [0.2, 0.25) is 0 Å². The van der Waals surface area contributed by atoms with Gasteiger partial charge in [-0.1, -0.05) is 12.2 Å². The third kappa shape index (κ3) is 7.92. The minimum Gasteiger partial charge on any atom is -0.456 e. The summed E-state index contributed by atoms with van der Waals surface area (Å²) < 4.78 is 27.2. The Bertz CT molecular complexity index is 544. The highest BCUT2D eigenvalue weighted by molar-refractivity contribution is 5.68. The summed E-state index contributed by atoms with van der Waals surface area (Å²) >= 11 is 0. The Morgan fingerprint density at radius 3 is 2.15 bits per heavy atom. The van der Waals surface area contributed by atoms with Gasteiger partial charge in [-0.3, -0.25) is 14.4 Å². The number of carbonyl (C=O) groups is 3. The van der Waals surface area contributed by atoms with Crippen LogP contribution in [-0.2, 0) is 38.1 Å². The lowest BCUT2D eigenvalue weighted by molar-refractivity contribution is -0.287. The molecule has 152 valence electrons. The Morgan fingerprint density at radius 2 is 1.63 bits per heavy atom. The standard InChI is InChI=1S/C19H28O8/c1-6-8-9-10-15(7-2)27-19-18(26-14(5)22)17(25-13(4)21)16(11-23-19)24-12(3)20/h6-7,15-19H,1-2,8-11H2,3-5H3/t15?,16-,17-,18+,19-/m0/s1. The Kier molecular flexibility index (Phi) is 9.74. The number of unbranched alkanes of at least 4 members (excludes halogenated alkanes) is 1. The van der Waals surface area contributed by atoms with Crippen LogP contribution in [0.3, 0.4) is 0 Å². The second kappa shape index (κ2) is 11.5. The monoisotopic (exact) mass is 384 g/mol. The van der Waals surface area contributed by atoms with Crippen LogP contribution in [-0.4, -0.2) is 55.2 Å². The van der Waals surface area contributed by atoms with Crippen LogP contribution < -0.4 is 0 Å². The largest absolute Gasteiger partial charge is 0.456 e. The topological polar surface area (TPSA) is 97.4 Å². The van der Waals surface area contributed by atoms with Crippen molar-refractivity contribution in [3.8, 4) is 0 Å². The summed E-state index contributed by atoms with van der Waals surface area (Å²) in [7, 11) is 0. The Hall–Kier alpha value is -2.19. The van der Waals surface area contributed by atoms with Gasteiger partial charge in [0.05, 0.1) is 12.7 Å². The molecular weight excluding hydrogens is 356 g/mol. The fraction of sp³-hybridized carbons (Fsp3) is 0.632. The van der Waals surface area contributed by atoms with Crippen molar-refractivity contribution in [3.05, 3.63) is 25.3 Å². The zero-order valence-corrected chi connectivity index (χ0v) is 16.1. The minimum absolute atomic E-state index is 0.0729. The van der Waals surface area contributed by atoms with Crippen molar-refractivity contribution in [3.63, 3.8) is 0 Å². The van der Waals surface area contributed by atoms with Gasteiger partial charge in [-0.15, -0.1) is 13.2 Å². The second-order valence-electron chi connectivity index (χ2n) is 6.13. The maximum Gasteiger partial charge on any atom is 0.303 e. The molecule has 1 saturated heterocycles. The maximum atomic E-state index is 11.6. The van der Waals surface area contributed by atoms with Gasteiger partial charge in [0.1, 0.15) is 0 Å². The first kappa shape index (κ1) is 22.9. The molecule has 0 aromatic carbocycles. The average Bonchev–Trinajstić information content (AvgIpc) is 2.57. The number of carbonyl (C=O) groups excluding carboxylic acids is 3. The molecule has 0 spiro atoms. The number of hydrogen-bond acceptors (Lipinski definition) is 8. The molecule has 1 aliphatic rings. The molecule has 0 aromatic rings. The van der Waals surface area contributed by atoms with Crippen molar-refractivity contribution >= 4 is 17.9 Å². The average molecular weight is 384 g/mol. The highest BCUT2D eigenvalue weighted by atomic mass is 16.7. The van der Waals surface area contributed by atoms with Gasteiger partial charge in [0.15, 0.2) is 24.6 Å². The Labute approximate surface area is 159 Å². The number of allylic oxidation sites excluding steroid dienone is 1. The summed E-state index contributed by atoms with van der Waals surface area (Å²) in [5, 5.41) is 0. The van der Waals surface area contributed by atoms with E-state index in [4.69, 9.17) is 23.7 Å². The van der Waals surface area contributed by atoms with E-state index in [0.29, 0.717) is 6.42 Å². The van der Waals surface area contributed by atoms with Gasteiger partial charge in [-0.2, -0.15) is 0 Å². The molecule has 0 saturated carbocycles. The van der Waals surface area contributed by atoms with Gasteiger partial charge in [0, 0.05) is 20.8 Å². The molecular formula is C19H28O8. The predicted octanol–water partition coefficient (Wildman–Crippen LogP) is 2.07. The summed E-state index contributed by atoms with van der Waals surface area (Å²) in [5.74, 6) is -1.80. The highest BCUT2D eigenvalue weighted by Gasteiger charge is 2.48. The molecule has 1 aliphatic heterocycles. The molecule has 0 aliphatic carbocycles. The van der Waals surface area contributed by atoms with E-state index in [1.165, 1.54) is 20.8 Å². The lowest BCUT2D eigenvalue weighted by Gasteiger charge is -2.41. The molecule has 8 heteroatoms. The van der Waals surface area contributed by atoms with Crippen LogP contribution in [0.5, 0.6) is 0 Å². The predicted molar refractivity (Wildman–Crippen MR) is 95.5 cm³/mol. The maximum absolute atomic E-state index is 11.6. The first-order chi connectivity index (χ1) is 12.8. The number of hydrogen-bond donors (Lipinski definition) is 0. The van der Waals surface area contributed by atoms with Gasteiger partial charge >= 0.3 is 17.9 Å². The van der Waals surface area contributed by atoms with E-state index < -0.39 is 42.5 Å². The van der Waals surface area contributed by atoms with Gasteiger partial charge in [0.2, 0.25) is 0 Å². The first-order valence-electron chi connectivity index (χ1n) is 8.80. The fourth-order valence-corrected chi connectivity index (χ4v) is 2.70.